The van der Waals surface area contributed by atoms with Crippen LogP contribution < -0.4 is 0 Å². The smallest absolute Gasteiger partial charge is 0.387 e. The van der Waals surface area contributed by atoms with Crippen LogP contribution in [0, 0.1) is 0 Å². The highest BCUT2D eigenvalue weighted by atomic mass is 19.4. The van der Waals surface area contributed by atoms with Crippen molar-refractivity contribution in [1.82, 2.24) is 4.90 Å². The first-order valence-corrected chi connectivity index (χ1v) is 8.63. The molecule has 0 aromatic heterocycles. The summed E-state index contributed by atoms with van der Waals surface area (Å²) in [6.45, 7) is 1.61. The molecular formula is C20H22F3NO2. The van der Waals surface area contributed by atoms with E-state index in [0.29, 0.717) is 38.0 Å². The van der Waals surface area contributed by atoms with Crippen LogP contribution in [0.4, 0.5) is 13.2 Å². The van der Waals surface area contributed by atoms with Crippen LogP contribution in [0.1, 0.15) is 35.6 Å². The summed E-state index contributed by atoms with van der Waals surface area (Å²) in [5.41, 5.74) is -0.490. The molecule has 1 heterocycles. The molecule has 6 heteroatoms. The third-order valence-electron chi connectivity index (χ3n) is 5.05. The fourth-order valence-corrected chi connectivity index (χ4v) is 3.39. The Hall–Kier alpha value is -1.89. The lowest BCUT2D eigenvalue weighted by molar-refractivity contribution is -0.137. The molecule has 2 N–H and O–H groups in total. The minimum atomic E-state index is -4.38. The minimum Gasteiger partial charge on any atom is -0.387 e. The van der Waals surface area contributed by atoms with Gasteiger partial charge in [0.1, 0.15) is 0 Å². The van der Waals surface area contributed by atoms with Crippen LogP contribution in [0.5, 0.6) is 0 Å². The molecular weight excluding hydrogens is 343 g/mol. The van der Waals surface area contributed by atoms with Crippen molar-refractivity contribution in [2.75, 3.05) is 19.6 Å². The molecule has 1 aliphatic rings. The highest BCUT2D eigenvalue weighted by molar-refractivity contribution is 5.29. The number of hydrogen-bond acceptors (Lipinski definition) is 3. The van der Waals surface area contributed by atoms with Crippen LogP contribution >= 0.6 is 0 Å². The second-order valence-corrected chi connectivity index (χ2v) is 6.83. The first kappa shape index (κ1) is 18.9. The number of hydrogen-bond donors (Lipinski definition) is 2. The number of rotatable bonds is 4. The van der Waals surface area contributed by atoms with Crippen molar-refractivity contribution >= 4 is 0 Å². The van der Waals surface area contributed by atoms with Crippen LogP contribution in [0.3, 0.4) is 0 Å². The molecule has 0 amide bonds. The Kier molecular flexibility index (Phi) is 5.37. The zero-order valence-corrected chi connectivity index (χ0v) is 14.3. The third-order valence-corrected chi connectivity index (χ3v) is 5.05. The molecule has 3 rings (SSSR count). The minimum absolute atomic E-state index is 0.417. The lowest BCUT2D eigenvalue weighted by atomic mass is 9.84. The Morgan fingerprint density at radius 1 is 0.962 bits per heavy atom. The molecule has 1 atom stereocenters. The summed E-state index contributed by atoms with van der Waals surface area (Å²) < 4.78 is 38.0. The summed E-state index contributed by atoms with van der Waals surface area (Å²) in [6, 6.07) is 14.1. The fourth-order valence-electron chi connectivity index (χ4n) is 3.39. The van der Waals surface area contributed by atoms with E-state index in [2.05, 4.69) is 4.90 Å². The summed E-state index contributed by atoms with van der Waals surface area (Å²) in [6.07, 6.45) is -4.15. The highest BCUT2D eigenvalue weighted by Gasteiger charge is 2.36. The predicted molar refractivity (Wildman–Crippen MR) is 92.4 cm³/mol. The highest BCUT2D eigenvalue weighted by Crippen LogP contribution is 2.35. The maximum atomic E-state index is 12.7. The zero-order valence-electron chi connectivity index (χ0n) is 14.3. The van der Waals surface area contributed by atoms with E-state index in [9.17, 15) is 23.4 Å². The van der Waals surface area contributed by atoms with Gasteiger partial charge in [-0.15, -0.1) is 0 Å². The van der Waals surface area contributed by atoms with Crippen molar-refractivity contribution in [3.8, 4) is 0 Å². The van der Waals surface area contributed by atoms with Crippen LogP contribution in [0.25, 0.3) is 0 Å². The SMILES string of the molecule is O[C@H](CN1CCC(O)(c2ccc(C(F)(F)F)cc2)CC1)c1ccccc1. The van der Waals surface area contributed by atoms with Crippen LogP contribution in [-0.2, 0) is 11.8 Å². The predicted octanol–water partition coefficient (Wildman–Crippen LogP) is 3.72. The maximum absolute atomic E-state index is 12.7. The van der Waals surface area contributed by atoms with Gasteiger partial charge in [-0.3, -0.25) is 0 Å². The number of likely N-dealkylation sites (tertiary alicyclic amines) is 1. The quantitative estimate of drug-likeness (QED) is 0.868. The standard InChI is InChI=1S/C20H22F3NO2/c21-20(22,23)17-8-6-16(7-9-17)19(26)10-12-24(13-11-19)14-18(25)15-4-2-1-3-5-15/h1-9,18,25-26H,10-14H2/t18-/m1/s1. The van der Waals surface area contributed by atoms with E-state index in [1.54, 1.807) is 0 Å². The Bertz CT molecular complexity index is 708. The normalized spacial score (nSPS) is 19.3. The summed E-state index contributed by atoms with van der Waals surface area (Å²) in [5.74, 6) is 0. The van der Waals surface area contributed by atoms with Gasteiger partial charge in [0.25, 0.3) is 0 Å². The first-order chi connectivity index (χ1) is 12.3. The van der Waals surface area contributed by atoms with Gasteiger partial charge in [-0.2, -0.15) is 13.2 Å². The molecule has 0 bridgehead atoms. The molecule has 26 heavy (non-hydrogen) atoms. The molecule has 0 radical (unpaired) electrons. The first-order valence-electron chi connectivity index (χ1n) is 8.63. The van der Waals surface area contributed by atoms with Crippen molar-refractivity contribution in [2.45, 2.75) is 30.7 Å². The Morgan fingerprint density at radius 2 is 1.54 bits per heavy atom. The van der Waals surface area contributed by atoms with Crippen LogP contribution in [0.2, 0.25) is 0 Å². The lowest BCUT2D eigenvalue weighted by Crippen LogP contribution is -2.44. The van der Waals surface area contributed by atoms with Gasteiger partial charge in [-0.25, -0.2) is 0 Å². The van der Waals surface area contributed by atoms with Gasteiger partial charge >= 0.3 is 6.18 Å². The molecule has 140 valence electrons. The largest absolute Gasteiger partial charge is 0.416 e. The molecule has 3 nitrogen and oxygen atoms in total. The average Bonchev–Trinajstić information content (AvgIpc) is 2.64. The van der Waals surface area contributed by atoms with Gasteiger partial charge in [0.05, 0.1) is 17.3 Å². The van der Waals surface area contributed by atoms with E-state index in [-0.39, 0.29) is 0 Å². The van der Waals surface area contributed by atoms with Crippen LogP contribution in [0.15, 0.2) is 54.6 Å². The molecule has 1 fully saturated rings. The summed E-state index contributed by atoms with van der Waals surface area (Å²) in [7, 11) is 0. The topological polar surface area (TPSA) is 43.7 Å². The van der Waals surface area contributed by atoms with E-state index in [1.165, 1.54) is 12.1 Å². The Balaban J connectivity index is 1.60. The van der Waals surface area contributed by atoms with Crippen LogP contribution in [-0.4, -0.2) is 34.7 Å². The second-order valence-electron chi connectivity index (χ2n) is 6.83. The summed E-state index contributed by atoms with van der Waals surface area (Å²) in [5, 5.41) is 21.2. The molecule has 0 aliphatic carbocycles. The van der Waals surface area contributed by atoms with E-state index < -0.39 is 23.4 Å². The third kappa shape index (κ3) is 4.26. The van der Waals surface area contributed by atoms with Crippen molar-refractivity contribution < 1.29 is 23.4 Å². The second kappa shape index (κ2) is 7.39. The van der Waals surface area contributed by atoms with Gasteiger partial charge < -0.3 is 15.1 Å². The number of aliphatic hydroxyl groups is 2. The summed E-state index contributed by atoms with van der Waals surface area (Å²) >= 11 is 0. The summed E-state index contributed by atoms with van der Waals surface area (Å²) in [4.78, 5) is 2.07. The molecule has 0 unspecified atom stereocenters. The number of halogens is 3. The number of alkyl halides is 3. The Labute approximate surface area is 150 Å². The molecule has 1 aliphatic heterocycles. The van der Waals surface area contributed by atoms with Crippen molar-refractivity contribution in [1.29, 1.82) is 0 Å². The Morgan fingerprint density at radius 3 is 2.08 bits per heavy atom. The number of aliphatic hydroxyl groups excluding tert-OH is 1. The average molecular weight is 365 g/mol. The number of β-amino-alcohol motifs (C(OH)–C–C–N with tert-alkyl or cyclic N) is 1. The molecule has 1 saturated heterocycles. The van der Waals surface area contributed by atoms with E-state index >= 15 is 0 Å². The monoisotopic (exact) mass is 365 g/mol. The lowest BCUT2D eigenvalue weighted by Gasteiger charge is -2.39. The molecule has 0 spiro atoms. The maximum Gasteiger partial charge on any atom is 0.416 e. The van der Waals surface area contributed by atoms with E-state index in [4.69, 9.17) is 0 Å². The van der Waals surface area contributed by atoms with Crippen molar-refractivity contribution in [3.63, 3.8) is 0 Å². The van der Waals surface area contributed by atoms with Gasteiger partial charge in [0, 0.05) is 19.6 Å². The molecule has 2 aromatic rings. The number of nitrogens with zero attached hydrogens (tertiary/aromatic N) is 1. The zero-order chi connectivity index (χ0) is 18.8. The van der Waals surface area contributed by atoms with Crippen molar-refractivity contribution in [2.24, 2.45) is 0 Å². The van der Waals surface area contributed by atoms with E-state index in [0.717, 1.165) is 17.7 Å². The van der Waals surface area contributed by atoms with Gasteiger partial charge in [-0.1, -0.05) is 42.5 Å². The fraction of sp³-hybridized carbons (Fsp3) is 0.400. The van der Waals surface area contributed by atoms with Crippen molar-refractivity contribution in [3.05, 3.63) is 71.3 Å². The van der Waals surface area contributed by atoms with Gasteiger partial charge in [-0.05, 0) is 36.1 Å². The number of piperidine rings is 1. The van der Waals surface area contributed by atoms with E-state index in [1.807, 2.05) is 30.3 Å². The molecule has 0 saturated carbocycles. The van der Waals surface area contributed by atoms with Gasteiger partial charge in [0.2, 0.25) is 0 Å². The molecule has 2 aromatic carbocycles. The number of benzene rings is 2. The van der Waals surface area contributed by atoms with Gasteiger partial charge in [0.15, 0.2) is 0 Å².